The highest BCUT2D eigenvalue weighted by Crippen LogP contribution is 2.36. The second-order valence-corrected chi connectivity index (χ2v) is 6.85. The molecule has 1 aliphatic heterocycles. The average Bonchev–Trinajstić information content (AvgIpc) is 3.29. The van der Waals surface area contributed by atoms with Gasteiger partial charge in [-0.25, -0.2) is 9.50 Å². The Morgan fingerprint density at radius 3 is 2.77 bits per heavy atom. The maximum absolute atomic E-state index is 9.66. The third-order valence-electron chi connectivity index (χ3n) is 5.08. The standard InChI is InChI=1S/C19H20N4O3/c24-14-4-2-13(3-5-14)21-18-7-8-19-20-10-15(23(19)22-18)12-1-6-16-17(9-12)26-11-25-16/h1,6-10,13-14,24H,2-5,11H2,(H,21,22). The number of aliphatic hydroxyl groups excluding tert-OH is 1. The van der Waals surface area contributed by atoms with Gasteiger partial charge in [0.25, 0.3) is 0 Å². The first-order valence-electron chi connectivity index (χ1n) is 8.96. The maximum atomic E-state index is 9.66. The van der Waals surface area contributed by atoms with E-state index >= 15 is 0 Å². The van der Waals surface area contributed by atoms with Crippen LogP contribution in [0.25, 0.3) is 16.9 Å². The first-order chi connectivity index (χ1) is 12.8. The van der Waals surface area contributed by atoms with Gasteiger partial charge in [-0.3, -0.25) is 0 Å². The second kappa shape index (κ2) is 6.17. The van der Waals surface area contributed by atoms with E-state index in [9.17, 15) is 5.11 Å². The van der Waals surface area contributed by atoms with Crippen molar-refractivity contribution in [1.82, 2.24) is 14.6 Å². The van der Waals surface area contributed by atoms with Crippen molar-refractivity contribution in [2.45, 2.75) is 37.8 Å². The normalized spacial score (nSPS) is 21.9. The molecule has 1 aliphatic carbocycles. The molecule has 7 heteroatoms. The summed E-state index contributed by atoms with van der Waals surface area (Å²) in [6.45, 7) is 0.258. The zero-order valence-electron chi connectivity index (χ0n) is 14.3. The molecule has 2 N–H and O–H groups in total. The Labute approximate surface area is 150 Å². The average molecular weight is 352 g/mol. The fourth-order valence-electron chi connectivity index (χ4n) is 3.63. The monoisotopic (exact) mass is 352 g/mol. The molecule has 0 unspecified atom stereocenters. The lowest BCUT2D eigenvalue weighted by atomic mass is 9.93. The van der Waals surface area contributed by atoms with Crippen molar-refractivity contribution in [3.05, 3.63) is 36.5 Å². The summed E-state index contributed by atoms with van der Waals surface area (Å²) in [4.78, 5) is 4.45. The minimum absolute atomic E-state index is 0.158. The molecule has 0 amide bonds. The Morgan fingerprint density at radius 1 is 1.04 bits per heavy atom. The first-order valence-corrected chi connectivity index (χ1v) is 8.96. The van der Waals surface area contributed by atoms with E-state index < -0.39 is 0 Å². The number of hydrogen-bond donors (Lipinski definition) is 2. The number of nitrogens with zero attached hydrogens (tertiary/aromatic N) is 3. The fourth-order valence-corrected chi connectivity index (χ4v) is 3.63. The highest BCUT2D eigenvalue weighted by atomic mass is 16.7. The van der Waals surface area contributed by atoms with E-state index in [1.807, 2.05) is 41.0 Å². The van der Waals surface area contributed by atoms with E-state index in [0.29, 0.717) is 6.04 Å². The van der Waals surface area contributed by atoms with E-state index in [0.717, 1.165) is 59.9 Å². The van der Waals surface area contributed by atoms with Crippen LogP contribution in [0.4, 0.5) is 5.82 Å². The van der Waals surface area contributed by atoms with Crippen molar-refractivity contribution in [3.63, 3.8) is 0 Å². The van der Waals surface area contributed by atoms with Crippen LogP contribution in [0.2, 0.25) is 0 Å². The van der Waals surface area contributed by atoms with Crippen molar-refractivity contribution in [1.29, 1.82) is 0 Å². The van der Waals surface area contributed by atoms with Gasteiger partial charge in [0.15, 0.2) is 17.1 Å². The smallest absolute Gasteiger partial charge is 0.231 e. The minimum Gasteiger partial charge on any atom is -0.454 e. The van der Waals surface area contributed by atoms with E-state index in [2.05, 4.69) is 10.3 Å². The molecule has 2 aliphatic rings. The van der Waals surface area contributed by atoms with Crippen LogP contribution in [0.3, 0.4) is 0 Å². The summed E-state index contributed by atoms with van der Waals surface area (Å²) in [6.07, 6.45) is 5.26. The molecule has 1 aromatic carbocycles. The van der Waals surface area contributed by atoms with Gasteiger partial charge in [-0.2, -0.15) is 0 Å². The van der Waals surface area contributed by atoms with Gasteiger partial charge in [0.1, 0.15) is 5.82 Å². The molecule has 0 bridgehead atoms. The van der Waals surface area contributed by atoms with Crippen molar-refractivity contribution in [3.8, 4) is 22.8 Å². The number of aromatic nitrogens is 3. The molecular weight excluding hydrogens is 332 g/mol. The topological polar surface area (TPSA) is 80.9 Å². The Bertz CT molecular complexity index is 947. The molecule has 26 heavy (non-hydrogen) atoms. The number of fused-ring (bicyclic) bond motifs is 2. The molecule has 1 fully saturated rings. The zero-order chi connectivity index (χ0) is 17.5. The Kier molecular flexibility index (Phi) is 3.67. The van der Waals surface area contributed by atoms with Gasteiger partial charge >= 0.3 is 0 Å². The zero-order valence-corrected chi connectivity index (χ0v) is 14.3. The van der Waals surface area contributed by atoms with Crippen LogP contribution in [0.15, 0.2) is 36.5 Å². The van der Waals surface area contributed by atoms with Gasteiger partial charge in [-0.15, -0.1) is 5.10 Å². The molecule has 3 aromatic rings. The van der Waals surface area contributed by atoms with Crippen LogP contribution >= 0.6 is 0 Å². The van der Waals surface area contributed by atoms with Crippen molar-refractivity contribution < 1.29 is 14.6 Å². The molecule has 0 atom stereocenters. The van der Waals surface area contributed by atoms with E-state index in [4.69, 9.17) is 14.6 Å². The van der Waals surface area contributed by atoms with Crippen molar-refractivity contribution in [2.24, 2.45) is 0 Å². The molecule has 1 saturated carbocycles. The second-order valence-electron chi connectivity index (χ2n) is 6.85. The van der Waals surface area contributed by atoms with Crippen LogP contribution in [-0.2, 0) is 0 Å². The predicted molar refractivity (Wildman–Crippen MR) is 96.4 cm³/mol. The minimum atomic E-state index is -0.158. The number of ether oxygens (including phenoxy) is 2. The van der Waals surface area contributed by atoms with Crippen LogP contribution in [0, 0.1) is 0 Å². The van der Waals surface area contributed by atoms with Crippen molar-refractivity contribution in [2.75, 3.05) is 12.1 Å². The number of nitrogens with one attached hydrogen (secondary N) is 1. The number of rotatable bonds is 3. The lowest BCUT2D eigenvalue weighted by Gasteiger charge is -2.26. The fraction of sp³-hybridized carbons (Fsp3) is 0.368. The number of hydrogen-bond acceptors (Lipinski definition) is 6. The lowest BCUT2D eigenvalue weighted by Crippen LogP contribution is -2.28. The maximum Gasteiger partial charge on any atom is 0.231 e. The number of benzene rings is 1. The molecule has 5 rings (SSSR count). The highest BCUT2D eigenvalue weighted by molar-refractivity contribution is 5.67. The summed E-state index contributed by atoms with van der Waals surface area (Å²) < 4.78 is 12.7. The van der Waals surface area contributed by atoms with Gasteiger partial charge in [-0.1, -0.05) is 0 Å². The number of anilines is 1. The molecule has 0 spiro atoms. The first kappa shape index (κ1) is 15.5. The largest absolute Gasteiger partial charge is 0.454 e. The predicted octanol–water partition coefficient (Wildman–Crippen LogP) is 2.84. The molecule has 3 heterocycles. The third kappa shape index (κ3) is 2.74. The summed E-state index contributed by atoms with van der Waals surface area (Å²) in [5, 5.41) is 17.9. The SMILES string of the molecule is OC1CCC(Nc2ccc3ncc(-c4ccc5c(c4)OCO5)n3n2)CC1. The van der Waals surface area contributed by atoms with E-state index in [1.54, 1.807) is 0 Å². The molecule has 0 radical (unpaired) electrons. The van der Waals surface area contributed by atoms with Gasteiger partial charge < -0.3 is 19.9 Å². The van der Waals surface area contributed by atoms with Gasteiger partial charge in [0.2, 0.25) is 6.79 Å². The van der Waals surface area contributed by atoms with Crippen LogP contribution in [0.5, 0.6) is 11.5 Å². The Morgan fingerprint density at radius 2 is 1.88 bits per heavy atom. The van der Waals surface area contributed by atoms with Crippen LogP contribution in [-0.4, -0.2) is 38.6 Å². The van der Waals surface area contributed by atoms with Crippen LogP contribution < -0.4 is 14.8 Å². The summed E-state index contributed by atoms with van der Waals surface area (Å²) in [5.74, 6) is 2.32. The Balaban J connectivity index is 1.45. The molecule has 0 saturated heterocycles. The third-order valence-corrected chi connectivity index (χ3v) is 5.08. The molecule has 2 aromatic heterocycles. The van der Waals surface area contributed by atoms with Crippen LogP contribution in [0.1, 0.15) is 25.7 Å². The van der Waals surface area contributed by atoms with E-state index in [1.165, 1.54) is 0 Å². The summed E-state index contributed by atoms with van der Waals surface area (Å²) in [5.41, 5.74) is 2.68. The lowest BCUT2D eigenvalue weighted by molar-refractivity contribution is 0.126. The highest BCUT2D eigenvalue weighted by Gasteiger charge is 2.20. The van der Waals surface area contributed by atoms with Gasteiger partial charge in [0, 0.05) is 11.6 Å². The Hall–Kier alpha value is -2.80. The summed E-state index contributed by atoms with van der Waals surface area (Å²) in [6, 6.07) is 10.1. The molecular formula is C19H20N4O3. The van der Waals surface area contributed by atoms with Crippen molar-refractivity contribution >= 4 is 11.5 Å². The quantitative estimate of drug-likeness (QED) is 0.754. The number of imidazole rings is 1. The molecule has 134 valence electrons. The summed E-state index contributed by atoms with van der Waals surface area (Å²) in [7, 11) is 0. The van der Waals surface area contributed by atoms with E-state index in [-0.39, 0.29) is 12.9 Å². The van der Waals surface area contributed by atoms with Gasteiger partial charge in [0.05, 0.1) is 18.0 Å². The summed E-state index contributed by atoms with van der Waals surface area (Å²) >= 11 is 0. The van der Waals surface area contributed by atoms with Gasteiger partial charge in [-0.05, 0) is 56.0 Å². The molecule has 7 nitrogen and oxygen atoms in total. The number of aliphatic hydroxyl groups is 1.